The van der Waals surface area contributed by atoms with Crippen LogP contribution in [0.2, 0.25) is 0 Å². The number of nitrogens with zero attached hydrogens (tertiary/aromatic N) is 4. The molecule has 2 aromatic rings. The Kier molecular flexibility index (Phi) is 20.6. The molecule has 4 amide bonds. The molecule has 0 bridgehead atoms. The number of aliphatic hydroxyl groups is 2. The van der Waals surface area contributed by atoms with Gasteiger partial charge in [0.15, 0.2) is 0 Å². The minimum Gasteiger partial charge on any atom is -0.484 e. The standard InChI is InChI=1S/C65H90N4O14/c1-40(2)16-11-18-42(5)20-13-27-64(7)55(70)36-48-53(80-62(76)66-30-23-44(78-9)24-31-66)34-46-50(57(48)82-64)38-68(59(46)72)29-15-22-52(61(74)75)69-39-51-47(60(69)73)35-54(81-63(77)67-32-25-45(79-10)26-33-67)49-37-56(71)65(8,83-58(49)51)28-14-21-43(6)19-12-17-41(3)4/h16-17,20-21,34-35,44-45,52,55-56,70-71H,11-15,18-19,22-33,36-39H2,1-10H3,(H,74,75)/b42-20+,43-21+/t52-,55-,56-,64+,65+/m0/s1. The molecule has 6 heterocycles. The van der Waals surface area contributed by atoms with Crippen molar-refractivity contribution in [1.82, 2.24) is 19.6 Å². The number of amides is 4. The molecule has 3 N–H and O–H groups in total. The number of hydrogen-bond donors (Lipinski definition) is 3. The summed E-state index contributed by atoms with van der Waals surface area (Å²) in [5, 5.41) is 34.5. The van der Waals surface area contributed by atoms with Crippen molar-refractivity contribution in [2.24, 2.45) is 0 Å². The zero-order chi connectivity index (χ0) is 59.9. The molecule has 2 aromatic carbocycles. The van der Waals surface area contributed by atoms with E-state index in [9.17, 15) is 39.3 Å². The highest BCUT2D eigenvalue weighted by atomic mass is 16.6. The van der Waals surface area contributed by atoms with Crippen molar-refractivity contribution in [1.29, 1.82) is 0 Å². The Bertz CT molecular complexity index is 2870. The van der Waals surface area contributed by atoms with Crippen molar-refractivity contribution in [3.63, 3.8) is 0 Å². The molecule has 0 aromatic heterocycles. The number of methoxy groups -OCH3 is 2. The molecule has 18 heteroatoms. The zero-order valence-electron chi connectivity index (χ0n) is 50.7. The summed E-state index contributed by atoms with van der Waals surface area (Å²) in [6.07, 6.45) is 14.5. The third-order valence-corrected chi connectivity index (χ3v) is 17.9. The second kappa shape index (κ2) is 27.2. The fraction of sp³-hybridized carbons (Fsp3) is 0.615. The number of aliphatic hydroxyl groups excluding tert-OH is 2. The number of fused-ring (bicyclic) bond motifs is 6. The molecule has 2 fully saturated rings. The summed E-state index contributed by atoms with van der Waals surface area (Å²) in [6, 6.07) is 1.74. The van der Waals surface area contributed by atoms with E-state index in [2.05, 4.69) is 65.8 Å². The van der Waals surface area contributed by atoms with E-state index < -0.39 is 53.5 Å². The maximum absolute atomic E-state index is 14.7. The van der Waals surface area contributed by atoms with Crippen LogP contribution < -0.4 is 18.9 Å². The van der Waals surface area contributed by atoms with Gasteiger partial charge in [-0.3, -0.25) is 9.59 Å². The minimum atomic E-state index is -1.32. The number of hydrogen-bond acceptors (Lipinski definition) is 13. The molecule has 6 aliphatic rings. The van der Waals surface area contributed by atoms with E-state index in [-0.39, 0.29) is 80.5 Å². The van der Waals surface area contributed by atoms with E-state index in [1.165, 1.54) is 33.3 Å². The Morgan fingerprint density at radius 2 is 1.07 bits per heavy atom. The molecule has 0 saturated carbocycles. The number of carboxylic acids is 1. The van der Waals surface area contributed by atoms with Gasteiger partial charge < -0.3 is 63.3 Å². The van der Waals surface area contributed by atoms with E-state index in [4.69, 9.17) is 28.4 Å². The molecular formula is C65H90N4O14. The van der Waals surface area contributed by atoms with E-state index in [1.54, 1.807) is 35.0 Å². The molecule has 5 atom stereocenters. The van der Waals surface area contributed by atoms with Gasteiger partial charge in [-0.05, 0) is 157 Å². The average molecular weight is 1150 g/mol. The van der Waals surface area contributed by atoms with Gasteiger partial charge in [0.05, 0.1) is 48.6 Å². The van der Waals surface area contributed by atoms with Crippen LogP contribution >= 0.6 is 0 Å². The molecule has 8 rings (SSSR count). The molecule has 6 aliphatic heterocycles. The van der Waals surface area contributed by atoms with Gasteiger partial charge in [-0.25, -0.2) is 14.4 Å². The first-order valence-corrected chi connectivity index (χ1v) is 30.0. The van der Waals surface area contributed by atoms with Crippen molar-refractivity contribution in [3.8, 4) is 23.0 Å². The molecule has 2 saturated heterocycles. The van der Waals surface area contributed by atoms with Crippen molar-refractivity contribution in [3.05, 3.63) is 92.1 Å². The summed E-state index contributed by atoms with van der Waals surface area (Å²) < 4.78 is 36.9. The number of benzene rings is 2. The first-order valence-electron chi connectivity index (χ1n) is 30.0. The van der Waals surface area contributed by atoms with Gasteiger partial charge >= 0.3 is 18.2 Å². The van der Waals surface area contributed by atoms with Crippen LogP contribution in [0.25, 0.3) is 0 Å². The van der Waals surface area contributed by atoms with Crippen molar-refractivity contribution in [2.45, 2.75) is 213 Å². The highest BCUT2D eigenvalue weighted by molar-refractivity contribution is 6.02. The SMILES string of the molecule is COC1CCN(C(=O)Oc2cc3c(c4c2C[C@H](O)[C@@](C)(CC/C=C(\C)CCC=C(C)C)O4)CN(CCC[C@@H](C(=O)O)N2Cc4c(cc(OC(=O)N5CCC(OC)CC5)c5c4O[C@](C)(CC/C=C(\C)CCC=C(C)C)[C@@H](O)C5)C2=O)C3=O)CC1. The molecule has 0 radical (unpaired) electrons. The number of carbonyl (C=O) groups excluding carboxylic acids is 4. The van der Waals surface area contributed by atoms with Crippen LogP contribution in [-0.2, 0) is 40.2 Å². The van der Waals surface area contributed by atoms with Gasteiger partial charge in [0.2, 0.25) is 0 Å². The van der Waals surface area contributed by atoms with Gasteiger partial charge in [0.1, 0.15) is 40.2 Å². The highest BCUT2D eigenvalue weighted by Crippen LogP contribution is 2.49. The lowest BCUT2D eigenvalue weighted by molar-refractivity contribution is -0.142. The number of allylic oxidation sites excluding steroid dienone is 8. The summed E-state index contributed by atoms with van der Waals surface area (Å²) in [5.74, 6) is -1.23. The van der Waals surface area contributed by atoms with Gasteiger partial charge in [-0.2, -0.15) is 0 Å². The predicted octanol–water partition coefficient (Wildman–Crippen LogP) is 10.8. The topological polar surface area (TPSA) is 214 Å². The third kappa shape index (κ3) is 14.7. The lowest BCUT2D eigenvalue weighted by Gasteiger charge is -2.41. The Morgan fingerprint density at radius 3 is 1.49 bits per heavy atom. The molecular weight excluding hydrogens is 1060 g/mol. The van der Waals surface area contributed by atoms with Crippen LogP contribution in [0, 0.1) is 0 Å². The Labute approximate surface area is 490 Å². The normalized spacial score (nSPS) is 23.2. The van der Waals surface area contributed by atoms with Crippen LogP contribution in [0.1, 0.15) is 188 Å². The van der Waals surface area contributed by atoms with E-state index >= 15 is 0 Å². The molecule has 18 nitrogen and oxygen atoms in total. The largest absolute Gasteiger partial charge is 0.484 e. The highest BCUT2D eigenvalue weighted by Gasteiger charge is 2.48. The maximum Gasteiger partial charge on any atom is 0.415 e. The van der Waals surface area contributed by atoms with Gasteiger partial charge in [0.25, 0.3) is 11.8 Å². The molecule has 0 aliphatic carbocycles. The Hall–Kier alpha value is -6.21. The van der Waals surface area contributed by atoms with Crippen LogP contribution in [0.15, 0.2) is 58.7 Å². The van der Waals surface area contributed by atoms with Crippen LogP contribution in [-0.4, -0.2) is 153 Å². The number of carbonyl (C=O) groups is 5. The van der Waals surface area contributed by atoms with Crippen LogP contribution in [0.4, 0.5) is 9.59 Å². The zero-order valence-corrected chi connectivity index (χ0v) is 50.7. The fourth-order valence-electron chi connectivity index (χ4n) is 12.4. The first-order chi connectivity index (χ1) is 39.5. The molecule has 454 valence electrons. The second-order valence-corrected chi connectivity index (χ2v) is 24.7. The minimum absolute atomic E-state index is 0.0178. The summed E-state index contributed by atoms with van der Waals surface area (Å²) in [5.41, 5.74) is 5.27. The van der Waals surface area contributed by atoms with Crippen molar-refractivity contribution >= 4 is 30.0 Å². The number of likely N-dealkylation sites (tertiary alicyclic amines) is 2. The van der Waals surface area contributed by atoms with Gasteiger partial charge in [-0.1, -0.05) is 46.6 Å². The quantitative estimate of drug-likeness (QED) is 0.0936. The number of aliphatic carboxylic acids is 1. The van der Waals surface area contributed by atoms with E-state index in [0.29, 0.717) is 117 Å². The first kappa shape index (κ1) is 62.8. The molecule has 0 spiro atoms. The predicted molar refractivity (Wildman–Crippen MR) is 314 cm³/mol. The summed E-state index contributed by atoms with van der Waals surface area (Å²) in [7, 11) is 3.30. The third-order valence-electron chi connectivity index (χ3n) is 17.9. The average Bonchev–Trinajstić information content (AvgIpc) is 2.21. The van der Waals surface area contributed by atoms with Gasteiger partial charge in [-0.15, -0.1) is 0 Å². The monoisotopic (exact) mass is 1150 g/mol. The lowest BCUT2D eigenvalue weighted by Crippen LogP contribution is -2.49. The van der Waals surface area contributed by atoms with Crippen LogP contribution in [0.5, 0.6) is 23.0 Å². The smallest absolute Gasteiger partial charge is 0.415 e. The molecule has 0 unspecified atom stereocenters. The maximum atomic E-state index is 14.7. The Balaban J connectivity index is 1.01. The number of ether oxygens (including phenoxy) is 6. The number of piperidine rings is 2. The number of rotatable bonds is 22. The second-order valence-electron chi connectivity index (χ2n) is 24.7. The van der Waals surface area contributed by atoms with Crippen LogP contribution in [0.3, 0.4) is 0 Å². The summed E-state index contributed by atoms with van der Waals surface area (Å²) >= 11 is 0. The number of carboxylic acid groups (broad SMARTS) is 1. The lowest BCUT2D eigenvalue weighted by atomic mass is 9.84. The fourth-order valence-corrected chi connectivity index (χ4v) is 12.4. The van der Waals surface area contributed by atoms with Crippen molar-refractivity contribution < 1.29 is 67.7 Å². The van der Waals surface area contributed by atoms with E-state index in [0.717, 1.165) is 25.7 Å². The van der Waals surface area contributed by atoms with E-state index in [1.807, 2.05) is 13.8 Å². The summed E-state index contributed by atoms with van der Waals surface area (Å²) in [4.78, 5) is 76.3. The summed E-state index contributed by atoms with van der Waals surface area (Å²) in [6.45, 7) is 18.0. The van der Waals surface area contributed by atoms with Gasteiger partial charge in [0, 0.05) is 82.0 Å². The molecule has 83 heavy (non-hydrogen) atoms. The Morgan fingerprint density at radius 1 is 0.639 bits per heavy atom. The van der Waals surface area contributed by atoms with Crippen molar-refractivity contribution in [2.75, 3.05) is 46.9 Å².